The second-order valence-electron chi connectivity index (χ2n) is 10.4. The van der Waals surface area contributed by atoms with Crippen LogP contribution in [0.5, 0.6) is 0 Å². The van der Waals surface area contributed by atoms with E-state index < -0.39 is 12.0 Å². The molecule has 0 unspecified atom stereocenters. The lowest BCUT2D eigenvalue weighted by Gasteiger charge is -2.27. The molecule has 0 aliphatic rings. The second-order valence-corrected chi connectivity index (χ2v) is 10.4. The van der Waals surface area contributed by atoms with Crippen LogP contribution in [-0.4, -0.2) is 53.6 Å². The van der Waals surface area contributed by atoms with E-state index in [9.17, 15) is 19.5 Å². The predicted molar refractivity (Wildman–Crippen MR) is 158 cm³/mol. The summed E-state index contributed by atoms with van der Waals surface area (Å²) in [4.78, 5) is 41.0. The lowest BCUT2D eigenvalue weighted by atomic mass is 9.96. The van der Waals surface area contributed by atoms with Crippen LogP contribution in [0.2, 0.25) is 0 Å². The predicted octanol–water partition coefficient (Wildman–Crippen LogP) is 4.71. The minimum absolute atomic E-state index is 0.00669. The number of ether oxygens (including phenoxy) is 1. The van der Waals surface area contributed by atoms with Gasteiger partial charge >= 0.3 is 5.97 Å². The highest BCUT2D eigenvalue weighted by molar-refractivity contribution is 5.86. The van der Waals surface area contributed by atoms with E-state index in [0.717, 1.165) is 11.1 Å². The molecule has 216 valence electrons. The molecule has 0 saturated heterocycles. The van der Waals surface area contributed by atoms with E-state index in [4.69, 9.17) is 4.74 Å². The first-order valence-corrected chi connectivity index (χ1v) is 13.9. The number of hydrogen-bond donors (Lipinski definition) is 2. The standard InChI is InChI=1S/C33H44N2O5/c1-5-13-28(22-31(37)35(19-20-36)23-27-17-11-8-12-18-27)32(38)34-30(25(3)4)24-40-33(39)29(14-6-2)21-26-15-9-7-10-16-26/h5-12,15-18,25,28-30,36H,1-2,13-14,19-24H2,3-4H3,(H,34,38)/t28-,29+,30+/m0/s1. The lowest BCUT2D eigenvalue weighted by Crippen LogP contribution is -2.46. The van der Waals surface area contributed by atoms with Gasteiger partial charge in [0.1, 0.15) is 6.61 Å². The van der Waals surface area contributed by atoms with Crippen molar-refractivity contribution in [3.63, 3.8) is 0 Å². The van der Waals surface area contributed by atoms with Crippen LogP contribution < -0.4 is 5.32 Å². The Labute approximate surface area is 238 Å². The van der Waals surface area contributed by atoms with Gasteiger partial charge in [-0.2, -0.15) is 0 Å². The highest BCUT2D eigenvalue weighted by Crippen LogP contribution is 2.18. The molecule has 7 nitrogen and oxygen atoms in total. The molecule has 0 radical (unpaired) electrons. The fourth-order valence-electron chi connectivity index (χ4n) is 4.39. The number of amides is 2. The quantitative estimate of drug-likeness (QED) is 0.208. The molecule has 2 amide bonds. The molecule has 40 heavy (non-hydrogen) atoms. The summed E-state index contributed by atoms with van der Waals surface area (Å²) in [7, 11) is 0. The lowest BCUT2D eigenvalue weighted by molar-refractivity contribution is -0.150. The molecule has 2 aromatic carbocycles. The zero-order valence-electron chi connectivity index (χ0n) is 23.8. The highest BCUT2D eigenvalue weighted by Gasteiger charge is 2.28. The maximum atomic E-state index is 13.3. The molecule has 0 bridgehead atoms. The van der Waals surface area contributed by atoms with Gasteiger partial charge in [-0.15, -0.1) is 13.2 Å². The molecular weight excluding hydrogens is 504 g/mol. The average molecular weight is 549 g/mol. The summed E-state index contributed by atoms with van der Waals surface area (Å²) in [5.74, 6) is -1.85. The number of hydrogen-bond acceptors (Lipinski definition) is 5. The van der Waals surface area contributed by atoms with E-state index in [2.05, 4.69) is 18.5 Å². The number of carbonyl (C=O) groups excluding carboxylic acids is 3. The number of allylic oxidation sites excluding steroid dienone is 2. The highest BCUT2D eigenvalue weighted by atomic mass is 16.5. The van der Waals surface area contributed by atoms with Gasteiger partial charge in [-0.3, -0.25) is 14.4 Å². The van der Waals surface area contributed by atoms with Crippen molar-refractivity contribution in [1.82, 2.24) is 10.2 Å². The fraction of sp³-hybridized carbons (Fsp3) is 0.424. The summed E-state index contributed by atoms with van der Waals surface area (Å²) in [6.07, 6.45) is 4.67. The van der Waals surface area contributed by atoms with Gasteiger partial charge < -0.3 is 20.1 Å². The van der Waals surface area contributed by atoms with Gasteiger partial charge in [0.15, 0.2) is 0 Å². The molecule has 0 aliphatic heterocycles. The number of nitrogens with zero attached hydrogens (tertiary/aromatic N) is 1. The van der Waals surface area contributed by atoms with E-state index in [0.29, 0.717) is 25.8 Å². The molecule has 2 N–H and O–H groups in total. The van der Waals surface area contributed by atoms with Crippen molar-refractivity contribution in [3.05, 3.63) is 97.1 Å². The third-order valence-corrected chi connectivity index (χ3v) is 6.83. The zero-order valence-corrected chi connectivity index (χ0v) is 23.8. The first kappa shape index (κ1) is 32.5. The SMILES string of the molecule is C=CC[C@@H](CC(=O)N(CCO)Cc1ccccc1)C(=O)N[C@H](COC(=O)[C@H](CC=C)Cc1ccccc1)C(C)C. The van der Waals surface area contributed by atoms with E-state index in [-0.39, 0.29) is 55.8 Å². The van der Waals surface area contributed by atoms with Gasteiger partial charge in [0.05, 0.1) is 24.5 Å². The number of benzene rings is 2. The minimum atomic E-state index is -0.634. The van der Waals surface area contributed by atoms with E-state index in [1.807, 2.05) is 74.5 Å². The van der Waals surface area contributed by atoms with Gasteiger partial charge in [-0.25, -0.2) is 0 Å². The smallest absolute Gasteiger partial charge is 0.309 e. The van der Waals surface area contributed by atoms with Crippen molar-refractivity contribution in [2.45, 2.75) is 52.1 Å². The van der Waals surface area contributed by atoms with E-state index in [1.165, 1.54) is 0 Å². The van der Waals surface area contributed by atoms with Crippen LogP contribution >= 0.6 is 0 Å². The van der Waals surface area contributed by atoms with Crippen molar-refractivity contribution in [3.8, 4) is 0 Å². The third-order valence-electron chi connectivity index (χ3n) is 6.83. The Morgan fingerprint density at radius 2 is 1.50 bits per heavy atom. The van der Waals surface area contributed by atoms with Crippen LogP contribution in [-0.2, 0) is 32.1 Å². The maximum Gasteiger partial charge on any atom is 0.309 e. The molecule has 0 heterocycles. The van der Waals surface area contributed by atoms with Crippen molar-refractivity contribution in [2.75, 3.05) is 19.8 Å². The molecule has 2 rings (SSSR count). The molecule has 0 fully saturated rings. The molecule has 3 atom stereocenters. The number of aliphatic hydroxyl groups is 1. The monoisotopic (exact) mass is 548 g/mol. The third kappa shape index (κ3) is 11.2. The normalized spacial score (nSPS) is 13.1. The topological polar surface area (TPSA) is 95.9 Å². The van der Waals surface area contributed by atoms with Crippen LogP contribution in [0.3, 0.4) is 0 Å². The molecule has 0 spiro atoms. The Morgan fingerprint density at radius 3 is 2.05 bits per heavy atom. The summed E-state index contributed by atoms with van der Waals surface area (Å²) in [5.41, 5.74) is 1.98. The first-order valence-electron chi connectivity index (χ1n) is 13.9. The Morgan fingerprint density at radius 1 is 0.925 bits per heavy atom. The molecule has 7 heteroatoms. The van der Waals surface area contributed by atoms with Crippen LogP contribution in [0.4, 0.5) is 0 Å². The van der Waals surface area contributed by atoms with E-state index in [1.54, 1.807) is 17.1 Å². The Kier molecular flexibility index (Phi) is 14.5. The van der Waals surface area contributed by atoms with Gasteiger partial charge in [0.2, 0.25) is 11.8 Å². The van der Waals surface area contributed by atoms with Gasteiger partial charge in [0, 0.05) is 19.5 Å². The molecular formula is C33H44N2O5. The van der Waals surface area contributed by atoms with E-state index >= 15 is 0 Å². The van der Waals surface area contributed by atoms with Crippen molar-refractivity contribution in [2.24, 2.45) is 17.8 Å². The summed E-state index contributed by atoms with van der Waals surface area (Å²) >= 11 is 0. The van der Waals surface area contributed by atoms with Gasteiger partial charge in [-0.05, 0) is 36.3 Å². The molecule has 2 aromatic rings. The van der Waals surface area contributed by atoms with Crippen LogP contribution in [0, 0.1) is 17.8 Å². The summed E-state index contributed by atoms with van der Waals surface area (Å²) in [6, 6.07) is 18.9. The Balaban J connectivity index is 2.02. The minimum Gasteiger partial charge on any atom is -0.463 e. The second kappa shape index (κ2) is 17.8. The summed E-state index contributed by atoms with van der Waals surface area (Å²) in [5, 5.41) is 12.5. The van der Waals surface area contributed by atoms with Crippen LogP contribution in [0.15, 0.2) is 86.0 Å². The van der Waals surface area contributed by atoms with Gasteiger partial charge in [-0.1, -0.05) is 86.7 Å². The zero-order chi connectivity index (χ0) is 29.3. The Bertz CT molecular complexity index is 1070. The first-order chi connectivity index (χ1) is 19.3. The summed E-state index contributed by atoms with van der Waals surface area (Å²) in [6.45, 7) is 11.8. The molecule has 0 saturated carbocycles. The average Bonchev–Trinajstić information content (AvgIpc) is 2.95. The molecule has 0 aliphatic carbocycles. The molecule has 0 aromatic heterocycles. The number of nitrogens with one attached hydrogen (secondary N) is 1. The maximum absolute atomic E-state index is 13.3. The summed E-state index contributed by atoms with van der Waals surface area (Å²) < 4.78 is 5.69. The fourth-order valence-corrected chi connectivity index (χ4v) is 4.39. The number of carbonyl (C=O) groups is 3. The van der Waals surface area contributed by atoms with Crippen LogP contribution in [0.1, 0.15) is 44.2 Å². The van der Waals surface area contributed by atoms with Crippen molar-refractivity contribution in [1.29, 1.82) is 0 Å². The number of esters is 1. The number of aliphatic hydroxyl groups excluding tert-OH is 1. The van der Waals surface area contributed by atoms with Crippen LogP contribution in [0.25, 0.3) is 0 Å². The number of rotatable bonds is 18. The van der Waals surface area contributed by atoms with Crippen molar-refractivity contribution < 1.29 is 24.2 Å². The van der Waals surface area contributed by atoms with Crippen molar-refractivity contribution >= 4 is 17.8 Å². The Hall–Kier alpha value is -3.71. The largest absolute Gasteiger partial charge is 0.463 e. The van der Waals surface area contributed by atoms with Gasteiger partial charge in [0.25, 0.3) is 0 Å².